The van der Waals surface area contributed by atoms with Gasteiger partial charge >= 0.3 is 7.12 Å². The Balaban J connectivity index is 2.27. The van der Waals surface area contributed by atoms with Gasteiger partial charge < -0.3 is 14.0 Å². The minimum absolute atomic E-state index is 0.00791. The fraction of sp³-hybridized carbons (Fsp3) is 0.625. The van der Waals surface area contributed by atoms with E-state index >= 15 is 0 Å². The van der Waals surface area contributed by atoms with Crippen LogP contribution in [-0.4, -0.2) is 25.4 Å². The van der Waals surface area contributed by atoms with Crippen LogP contribution in [0.3, 0.4) is 0 Å². The number of ether oxygens (including phenoxy) is 1. The molecule has 1 saturated heterocycles. The first-order valence-corrected chi connectivity index (χ1v) is 7.41. The van der Waals surface area contributed by atoms with Crippen molar-refractivity contribution in [2.75, 3.05) is 7.11 Å². The highest BCUT2D eigenvalue weighted by atomic mass is 19.1. The Kier molecular flexibility index (Phi) is 4.36. The molecule has 2 rings (SSSR count). The number of halogens is 1. The molecule has 3 nitrogen and oxygen atoms in total. The highest BCUT2D eigenvalue weighted by Gasteiger charge is 2.53. The number of rotatable bonds is 4. The first-order chi connectivity index (χ1) is 9.71. The molecule has 5 heteroatoms. The van der Waals surface area contributed by atoms with Gasteiger partial charge in [0, 0.05) is 5.82 Å². The van der Waals surface area contributed by atoms with E-state index in [2.05, 4.69) is 6.92 Å². The normalized spacial score (nSPS) is 21.4. The molecule has 1 aromatic rings. The molecular formula is C16H24BFO3. The molecule has 0 saturated carbocycles. The average molecular weight is 294 g/mol. The van der Waals surface area contributed by atoms with Crippen molar-refractivity contribution < 1.29 is 18.4 Å². The van der Waals surface area contributed by atoms with Crippen molar-refractivity contribution in [1.29, 1.82) is 0 Å². The van der Waals surface area contributed by atoms with Crippen molar-refractivity contribution in [3.8, 4) is 5.75 Å². The average Bonchev–Trinajstić information content (AvgIpc) is 2.59. The molecule has 0 aliphatic carbocycles. The summed E-state index contributed by atoms with van der Waals surface area (Å²) in [7, 11) is 1.09. The maximum absolute atomic E-state index is 13.9. The largest absolute Gasteiger partial charge is 0.494 e. The Bertz CT molecular complexity index is 500. The molecule has 1 heterocycles. The molecule has 116 valence electrons. The lowest BCUT2D eigenvalue weighted by molar-refractivity contribution is 0.00578. The van der Waals surface area contributed by atoms with Crippen LogP contribution >= 0.6 is 0 Å². The van der Waals surface area contributed by atoms with E-state index in [9.17, 15) is 4.39 Å². The number of hydrogen-bond donors (Lipinski definition) is 0. The maximum Gasteiger partial charge on any atom is 0.465 e. The van der Waals surface area contributed by atoms with Crippen molar-refractivity contribution in [2.24, 2.45) is 0 Å². The molecule has 21 heavy (non-hydrogen) atoms. The maximum atomic E-state index is 13.9. The quantitative estimate of drug-likeness (QED) is 0.787. The standard InChI is InChI=1S/C16H24BFO3/c1-7-12(11-8-9-14(19-6)13(18)10-11)17-20-15(2,3)16(4,5)21-17/h8-10,12H,7H2,1-6H3/t12-/m0/s1. The summed E-state index contributed by atoms with van der Waals surface area (Å²) in [6.07, 6.45) is 0.808. The van der Waals surface area contributed by atoms with Gasteiger partial charge in [-0.3, -0.25) is 0 Å². The Morgan fingerprint density at radius 3 is 2.19 bits per heavy atom. The first-order valence-electron chi connectivity index (χ1n) is 7.41. The van der Waals surface area contributed by atoms with E-state index in [4.69, 9.17) is 14.0 Å². The molecule has 0 aromatic heterocycles. The zero-order chi connectivity index (χ0) is 15.8. The van der Waals surface area contributed by atoms with E-state index in [1.807, 2.05) is 33.8 Å². The summed E-state index contributed by atoms with van der Waals surface area (Å²) < 4.78 is 31.1. The first kappa shape index (κ1) is 16.3. The van der Waals surface area contributed by atoms with Gasteiger partial charge in [-0.15, -0.1) is 0 Å². The number of hydrogen-bond acceptors (Lipinski definition) is 3. The van der Waals surface area contributed by atoms with Gasteiger partial charge in [-0.2, -0.15) is 0 Å². The topological polar surface area (TPSA) is 27.7 Å². The predicted molar refractivity (Wildman–Crippen MR) is 82.1 cm³/mol. The Labute approximate surface area is 126 Å². The molecule has 0 amide bonds. The van der Waals surface area contributed by atoms with E-state index < -0.39 is 0 Å². The molecule has 1 atom stereocenters. The summed E-state index contributed by atoms with van der Waals surface area (Å²) in [5.74, 6) is -0.112. The third-order valence-corrected chi connectivity index (χ3v) is 4.64. The molecule has 1 aliphatic heterocycles. The van der Waals surface area contributed by atoms with Gasteiger partial charge in [-0.1, -0.05) is 19.4 Å². The summed E-state index contributed by atoms with van der Waals surface area (Å²) in [6, 6.07) is 5.04. The molecule has 1 aromatic carbocycles. The number of methoxy groups -OCH3 is 1. The minimum Gasteiger partial charge on any atom is -0.494 e. The van der Waals surface area contributed by atoms with Crippen LogP contribution in [0, 0.1) is 5.82 Å². The van der Waals surface area contributed by atoms with Crippen molar-refractivity contribution >= 4 is 7.12 Å². The van der Waals surface area contributed by atoms with Crippen molar-refractivity contribution in [3.05, 3.63) is 29.6 Å². The minimum atomic E-state index is -0.379. The lowest BCUT2D eigenvalue weighted by Crippen LogP contribution is -2.41. The van der Waals surface area contributed by atoms with E-state index in [0.29, 0.717) is 0 Å². The molecule has 0 unspecified atom stereocenters. The Morgan fingerprint density at radius 2 is 1.76 bits per heavy atom. The molecule has 0 N–H and O–H groups in total. The molecular weight excluding hydrogens is 270 g/mol. The van der Waals surface area contributed by atoms with Gasteiger partial charge in [-0.05, 0) is 45.4 Å². The highest BCUT2D eigenvalue weighted by Crippen LogP contribution is 2.42. The monoisotopic (exact) mass is 294 g/mol. The summed E-state index contributed by atoms with van der Waals surface area (Å²) in [5, 5.41) is 0. The highest BCUT2D eigenvalue weighted by molar-refractivity contribution is 6.47. The van der Waals surface area contributed by atoms with Crippen LogP contribution in [0.25, 0.3) is 0 Å². The van der Waals surface area contributed by atoms with Crippen LogP contribution in [0.5, 0.6) is 5.75 Å². The van der Waals surface area contributed by atoms with Gasteiger partial charge in [0.05, 0.1) is 18.3 Å². The van der Waals surface area contributed by atoms with Crippen LogP contribution in [-0.2, 0) is 9.31 Å². The van der Waals surface area contributed by atoms with Crippen LogP contribution < -0.4 is 4.74 Å². The van der Waals surface area contributed by atoms with Gasteiger partial charge in [0.15, 0.2) is 11.6 Å². The third-order valence-electron chi connectivity index (χ3n) is 4.64. The molecule has 0 spiro atoms. The Hall–Kier alpha value is -1.07. The van der Waals surface area contributed by atoms with E-state index in [-0.39, 0.29) is 35.7 Å². The second kappa shape index (κ2) is 5.62. The molecule has 0 bridgehead atoms. The van der Waals surface area contributed by atoms with Gasteiger partial charge in [0.1, 0.15) is 0 Å². The predicted octanol–water partition coefficient (Wildman–Crippen LogP) is 3.96. The summed E-state index contributed by atoms with van der Waals surface area (Å²) in [5.41, 5.74) is 0.112. The van der Waals surface area contributed by atoms with Crippen molar-refractivity contribution in [3.63, 3.8) is 0 Å². The van der Waals surface area contributed by atoms with E-state index in [1.165, 1.54) is 13.2 Å². The second-order valence-corrected chi connectivity index (χ2v) is 6.53. The molecule has 0 radical (unpaired) electrons. The Morgan fingerprint density at radius 1 is 1.19 bits per heavy atom. The lowest BCUT2D eigenvalue weighted by Gasteiger charge is -2.32. The van der Waals surface area contributed by atoms with Crippen LogP contribution in [0.15, 0.2) is 18.2 Å². The summed E-state index contributed by atoms with van der Waals surface area (Å²) >= 11 is 0. The fourth-order valence-corrected chi connectivity index (χ4v) is 2.55. The van der Waals surface area contributed by atoms with Crippen molar-refractivity contribution in [2.45, 2.75) is 58.1 Å². The fourth-order valence-electron chi connectivity index (χ4n) is 2.55. The van der Waals surface area contributed by atoms with Crippen LogP contribution in [0.4, 0.5) is 4.39 Å². The van der Waals surface area contributed by atoms with Gasteiger partial charge in [0.25, 0.3) is 0 Å². The van der Waals surface area contributed by atoms with Crippen molar-refractivity contribution in [1.82, 2.24) is 0 Å². The molecule has 1 fully saturated rings. The lowest BCUT2D eigenvalue weighted by atomic mass is 9.66. The summed E-state index contributed by atoms with van der Waals surface area (Å²) in [6.45, 7) is 10.1. The smallest absolute Gasteiger partial charge is 0.465 e. The third kappa shape index (κ3) is 2.95. The van der Waals surface area contributed by atoms with Gasteiger partial charge in [-0.25, -0.2) is 4.39 Å². The van der Waals surface area contributed by atoms with Crippen LogP contribution in [0.2, 0.25) is 0 Å². The zero-order valence-corrected chi connectivity index (χ0v) is 13.7. The van der Waals surface area contributed by atoms with Gasteiger partial charge in [0.2, 0.25) is 0 Å². The van der Waals surface area contributed by atoms with E-state index in [0.717, 1.165) is 12.0 Å². The second-order valence-electron chi connectivity index (χ2n) is 6.53. The number of benzene rings is 1. The van der Waals surface area contributed by atoms with E-state index in [1.54, 1.807) is 6.07 Å². The summed E-state index contributed by atoms with van der Waals surface area (Å²) in [4.78, 5) is 0. The molecule has 1 aliphatic rings. The zero-order valence-electron chi connectivity index (χ0n) is 13.7. The SMILES string of the molecule is CC[C@H](B1OC(C)(C)C(C)(C)O1)c1ccc(OC)c(F)c1. The van der Waals surface area contributed by atoms with Crippen LogP contribution in [0.1, 0.15) is 52.4 Å².